The fraction of sp³-hybridized carbons (Fsp3) is 0.600. The fourth-order valence-electron chi connectivity index (χ4n) is 2.74. The summed E-state index contributed by atoms with van der Waals surface area (Å²) in [6, 6.07) is 3.23. The fourth-order valence-corrected chi connectivity index (χ4v) is 3.49. The second-order valence-corrected chi connectivity index (χ2v) is 7.71. The van der Waals surface area contributed by atoms with Gasteiger partial charge in [0.1, 0.15) is 0 Å². The van der Waals surface area contributed by atoms with Gasteiger partial charge in [-0.05, 0) is 25.0 Å². The van der Waals surface area contributed by atoms with Crippen LogP contribution in [0.25, 0.3) is 0 Å². The molecule has 2 heterocycles. The van der Waals surface area contributed by atoms with Crippen LogP contribution in [0.3, 0.4) is 0 Å². The van der Waals surface area contributed by atoms with Gasteiger partial charge in [0.05, 0.1) is 12.3 Å². The average Bonchev–Trinajstić information content (AvgIpc) is 2.71. The summed E-state index contributed by atoms with van der Waals surface area (Å²) in [4.78, 5) is 20.5. The van der Waals surface area contributed by atoms with Gasteiger partial charge in [0.15, 0.2) is 0 Å². The highest BCUT2D eigenvalue weighted by molar-refractivity contribution is 7.88. The van der Waals surface area contributed by atoms with Gasteiger partial charge in [-0.25, -0.2) is 13.1 Å². The number of pyridine rings is 1. The van der Waals surface area contributed by atoms with Gasteiger partial charge in [0, 0.05) is 45.1 Å². The van der Waals surface area contributed by atoms with Crippen LogP contribution in [0.4, 0.5) is 0 Å². The molecule has 128 valence electrons. The van der Waals surface area contributed by atoms with Gasteiger partial charge in [0.2, 0.25) is 15.9 Å². The van der Waals surface area contributed by atoms with Crippen molar-refractivity contribution in [3.63, 3.8) is 0 Å². The van der Waals surface area contributed by atoms with Crippen molar-refractivity contribution in [3.05, 3.63) is 30.1 Å². The molecule has 1 atom stereocenters. The predicted octanol–water partition coefficient (Wildman–Crippen LogP) is 0.0536. The Morgan fingerprint density at radius 3 is 2.78 bits per heavy atom. The molecule has 1 N–H and O–H groups in total. The van der Waals surface area contributed by atoms with Crippen LogP contribution < -0.4 is 4.72 Å². The zero-order valence-corrected chi connectivity index (χ0v) is 14.4. The number of hydrogen-bond donors (Lipinski definition) is 1. The second kappa shape index (κ2) is 7.85. The van der Waals surface area contributed by atoms with Crippen molar-refractivity contribution in [1.82, 2.24) is 19.5 Å². The smallest absolute Gasteiger partial charge is 0.240 e. The van der Waals surface area contributed by atoms with Gasteiger partial charge in [-0.1, -0.05) is 6.07 Å². The number of nitrogens with one attached hydrogen (secondary N) is 1. The lowest BCUT2D eigenvalue weighted by atomic mass is 10.2. The molecule has 0 spiro atoms. The monoisotopic (exact) mass is 340 g/mol. The molecular formula is C15H24N4O3S. The van der Waals surface area contributed by atoms with E-state index in [0.717, 1.165) is 37.9 Å². The number of amides is 1. The molecule has 0 unspecified atom stereocenters. The van der Waals surface area contributed by atoms with E-state index in [1.54, 1.807) is 18.0 Å². The first-order valence-corrected chi connectivity index (χ1v) is 9.61. The maximum atomic E-state index is 12.4. The molecule has 1 saturated heterocycles. The summed E-state index contributed by atoms with van der Waals surface area (Å²) in [6.45, 7) is 5.33. The molecule has 1 aromatic rings. The van der Waals surface area contributed by atoms with E-state index < -0.39 is 16.1 Å². The van der Waals surface area contributed by atoms with Gasteiger partial charge in [-0.15, -0.1) is 0 Å². The molecule has 7 nitrogen and oxygen atoms in total. The average molecular weight is 340 g/mol. The first-order chi connectivity index (χ1) is 10.8. The zero-order valence-electron chi connectivity index (χ0n) is 13.6. The minimum absolute atomic E-state index is 0.168. The van der Waals surface area contributed by atoms with E-state index in [4.69, 9.17) is 0 Å². The number of hydrogen-bond acceptors (Lipinski definition) is 5. The summed E-state index contributed by atoms with van der Waals surface area (Å²) < 4.78 is 24.9. The molecule has 0 aromatic carbocycles. The van der Waals surface area contributed by atoms with Crippen molar-refractivity contribution in [2.75, 3.05) is 32.4 Å². The molecule has 1 aromatic heterocycles. The van der Waals surface area contributed by atoms with Crippen molar-refractivity contribution in [2.45, 2.75) is 25.9 Å². The minimum atomic E-state index is -3.38. The molecule has 2 rings (SSSR count). The molecule has 23 heavy (non-hydrogen) atoms. The van der Waals surface area contributed by atoms with Gasteiger partial charge in [0.25, 0.3) is 0 Å². The summed E-state index contributed by atoms with van der Waals surface area (Å²) in [5.74, 6) is -0.168. The van der Waals surface area contributed by atoms with Crippen molar-refractivity contribution in [3.8, 4) is 0 Å². The van der Waals surface area contributed by atoms with E-state index >= 15 is 0 Å². The molecule has 0 radical (unpaired) electrons. The van der Waals surface area contributed by atoms with Gasteiger partial charge < -0.3 is 4.90 Å². The highest BCUT2D eigenvalue weighted by Crippen LogP contribution is 2.09. The molecule has 0 aliphatic carbocycles. The quantitative estimate of drug-likeness (QED) is 0.819. The van der Waals surface area contributed by atoms with Gasteiger partial charge in [-0.3, -0.25) is 14.7 Å². The Hall–Kier alpha value is -1.51. The molecule has 1 amide bonds. The largest absolute Gasteiger partial charge is 0.340 e. The van der Waals surface area contributed by atoms with E-state index in [9.17, 15) is 13.2 Å². The Balaban J connectivity index is 1.89. The maximum Gasteiger partial charge on any atom is 0.240 e. The van der Waals surface area contributed by atoms with Crippen molar-refractivity contribution < 1.29 is 13.2 Å². The maximum absolute atomic E-state index is 12.4. The van der Waals surface area contributed by atoms with Crippen LogP contribution in [0, 0.1) is 0 Å². The second-order valence-electron chi connectivity index (χ2n) is 5.93. The van der Waals surface area contributed by atoms with Gasteiger partial charge >= 0.3 is 0 Å². The van der Waals surface area contributed by atoms with E-state index in [-0.39, 0.29) is 5.91 Å². The standard InChI is InChI=1S/C15H24N4O3S/c1-13(17-23(2,21)22)15(20)19-8-4-7-18(9-10-19)12-14-5-3-6-16-11-14/h3,5-6,11,13,17H,4,7-10,12H2,1-2H3/t13-/m0/s1. The highest BCUT2D eigenvalue weighted by Gasteiger charge is 2.25. The van der Waals surface area contributed by atoms with Crippen molar-refractivity contribution in [1.29, 1.82) is 0 Å². The highest BCUT2D eigenvalue weighted by atomic mass is 32.2. The summed E-state index contributed by atoms with van der Waals surface area (Å²) >= 11 is 0. The SMILES string of the molecule is C[C@H](NS(C)(=O)=O)C(=O)N1CCCN(Cc2cccnc2)CC1. The summed E-state index contributed by atoms with van der Waals surface area (Å²) in [6.07, 6.45) is 5.54. The summed E-state index contributed by atoms with van der Waals surface area (Å²) in [5, 5.41) is 0. The minimum Gasteiger partial charge on any atom is -0.340 e. The number of carbonyl (C=O) groups is 1. The number of rotatable bonds is 5. The van der Waals surface area contributed by atoms with Crippen LogP contribution in [0.2, 0.25) is 0 Å². The summed E-state index contributed by atoms with van der Waals surface area (Å²) in [5.41, 5.74) is 1.15. The van der Waals surface area contributed by atoms with E-state index in [1.165, 1.54) is 0 Å². The van der Waals surface area contributed by atoms with Crippen molar-refractivity contribution in [2.24, 2.45) is 0 Å². The first kappa shape index (κ1) is 17.8. The number of sulfonamides is 1. The zero-order chi connectivity index (χ0) is 16.9. The van der Waals surface area contributed by atoms with Crippen LogP contribution in [0.1, 0.15) is 18.9 Å². The molecule has 1 fully saturated rings. The number of carbonyl (C=O) groups excluding carboxylic acids is 1. The van der Waals surface area contributed by atoms with Gasteiger partial charge in [-0.2, -0.15) is 0 Å². The Kier molecular flexibility index (Phi) is 6.09. The summed E-state index contributed by atoms with van der Waals surface area (Å²) in [7, 11) is -3.38. The Labute approximate surface area is 137 Å². The van der Waals surface area contributed by atoms with E-state index in [0.29, 0.717) is 13.1 Å². The molecular weight excluding hydrogens is 316 g/mol. The lowest BCUT2D eigenvalue weighted by Gasteiger charge is -2.24. The molecule has 8 heteroatoms. The Morgan fingerprint density at radius 2 is 2.13 bits per heavy atom. The Bertz CT molecular complexity index is 621. The Morgan fingerprint density at radius 1 is 1.35 bits per heavy atom. The molecule has 1 aliphatic rings. The van der Waals surface area contributed by atoms with Crippen LogP contribution in [0.5, 0.6) is 0 Å². The van der Waals surface area contributed by atoms with Crippen molar-refractivity contribution >= 4 is 15.9 Å². The number of nitrogens with zero attached hydrogens (tertiary/aromatic N) is 3. The number of aromatic nitrogens is 1. The lowest BCUT2D eigenvalue weighted by molar-refractivity contribution is -0.132. The van der Waals surface area contributed by atoms with Crippen LogP contribution in [-0.4, -0.2) is 67.6 Å². The van der Waals surface area contributed by atoms with Crippen LogP contribution in [0.15, 0.2) is 24.5 Å². The topological polar surface area (TPSA) is 82.6 Å². The van der Waals surface area contributed by atoms with Crippen LogP contribution >= 0.6 is 0 Å². The third kappa shape index (κ3) is 5.89. The van der Waals surface area contributed by atoms with E-state index in [1.807, 2.05) is 18.3 Å². The van der Waals surface area contributed by atoms with E-state index in [2.05, 4.69) is 14.6 Å². The lowest BCUT2D eigenvalue weighted by Crippen LogP contribution is -2.47. The molecule has 0 saturated carbocycles. The third-order valence-electron chi connectivity index (χ3n) is 3.79. The van der Waals surface area contributed by atoms with Crippen LogP contribution in [-0.2, 0) is 21.4 Å². The predicted molar refractivity (Wildman–Crippen MR) is 88.2 cm³/mol. The molecule has 1 aliphatic heterocycles. The molecule has 0 bridgehead atoms. The third-order valence-corrected chi connectivity index (χ3v) is 4.57. The normalized spacial score (nSPS) is 18.4. The first-order valence-electron chi connectivity index (χ1n) is 7.72.